The molecule has 0 bridgehead atoms. The van der Waals surface area contributed by atoms with Crippen LogP contribution >= 0.6 is 0 Å². The van der Waals surface area contributed by atoms with Crippen molar-refractivity contribution in [3.8, 4) is 0 Å². The van der Waals surface area contributed by atoms with Gasteiger partial charge in [0.15, 0.2) is 6.10 Å². The van der Waals surface area contributed by atoms with Crippen LogP contribution in [0.4, 0.5) is 0 Å². The van der Waals surface area contributed by atoms with Crippen molar-refractivity contribution in [2.24, 2.45) is 0 Å². The van der Waals surface area contributed by atoms with E-state index in [2.05, 4.69) is 57.2 Å². The zero-order chi connectivity index (χ0) is 59.2. The molecule has 0 rings (SSSR count). The Labute approximate surface area is 512 Å². The fraction of sp³-hybridized carbons (Fsp3) is 0.882. The molecule has 0 aromatic rings. The van der Waals surface area contributed by atoms with E-state index < -0.39 is 6.10 Å². The minimum Gasteiger partial charge on any atom is -0.462 e. The van der Waals surface area contributed by atoms with Crippen molar-refractivity contribution in [1.29, 1.82) is 0 Å². The lowest BCUT2D eigenvalue weighted by Gasteiger charge is -2.18. The van der Waals surface area contributed by atoms with Gasteiger partial charge in [-0.2, -0.15) is 0 Å². The Hall–Kier alpha value is -2.37. The number of esters is 3. The van der Waals surface area contributed by atoms with E-state index in [1.165, 1.54) is 295 Å². The second kappa shape index (κ2) is 71.1. The number of carbonyl (C=O) groups excluding carboxylic acids is 3. The Morgan fingerprint density at radius 2 is 0.439 bits per heavy atom. The molecule has 0 amide bonds. The first-order chi connectivity index (χ1) is 40.5. The summed E-state index contributed by atoms with van der Waals surface area (Å²) in [5.41, 5.74) is 0. The number of allylic oxidation sites excluding steroid dienone is 6. The second-order valence-electron chi connectivity index (χ2n) is 25.2. The minimum absolute atomic E-state index is 0.0721. The number of carbonyl (C=O) groups is 3. The Balaban J connectivity index is 4.11. The standard InChI is InChI=1S/C76H142O6/c1-4-7-10-13-16-19-22-24-26-28-30-32-33-34-35-36-37-38-39-40-41-42-44-45-47-49-51-54-57-60-63-66-69-75(78)81-72-73(71-80-74(77)68-65-62-59-56-53-21-18-15-12-9-6-3)82-76(79)70-67-64-61-58-55-52-50-48-46-43-31-29-27-25-23-20-17-14-11-8-5-2/h23,25,29,31,46,48,73H,4-22,24,26-28,30,32-45,47,49-72H2,1-3H3/b25-23-,31-29-,48-46-. The van der Waals surface area contributed by atoms with Crippen molar-refractivity contribution < 1.29 is 28.6 Å². The quantitative estimate of drug-likeness (QED) is 0.0261. The predicted octanol–water partition coefficient (Wildman–Crippen LogP) is 25.5. The topological polar surface area (TPSA) is 78.9 Å². The molecule has 6 nitrogen and oxygen atoms in total. The van der Waals surface area contributed by atoms with Crippen LogP contribution in [0, 0.1) is 0 Å². The smallest absolute Gasteiger partial charge is 0.306 e. The lowest BCUT2D eigenvalue weighted by molar-refractivity contribution is -0.167. The van der Waals surface area contributed by atoms with Gasteiger partial charge in [-0.3, -0.25) is 14.4 Å². The molecule has 0 fully saturated rings. The van der Waals surface area contributed by atoms with E-state index >= 15 is 0 Å². The molecule has 0 aromatic heterocycles. The largest absolute Gasteiger partial charge is 0.462 e. The Kier molecular flexibility index (Phi) is 69.1. The van der Waals surface area contributed by atoms with Gasteiger partial charge in [0.2, 0.25) is 0 Å². The van der Waals surface area contributed by atoms with Gasteiger partial charge in [0.05, 0.1) is 0 Å². The molecular weight excluding hydrogens is 1010 g/mol. The summed E-state index contributed by atoms with van der Waals surface area (Å²) >= 11 is 0. The van der Waals surface area contributed by atoms with Crippen molar-refractivity contribution in [2.45, 2.75) is 419 Å². The number of unbranched alkanes of at least 4 members (excludes halogenated alkanes) is 52. The van der Waals surface area contributed by atoms with Gasteiger partial charge in [-0.15, -0.1) is 0 Å². The van der Waals surface area contributed by atoms with E-state index in [0.717, 1.165) is 77.0 Å². The summed E-state index contributed by atoms with van der Waals surface area (Å²) in [6.45, 7) is 6.68. The molecule has 82 heavy (non-hydrogen) atoms. The van der Waals surface area contributed by atoms with E-state index in [1.807, 2.05) is 0 Å². The first-order valence-corrected chi connectivity index (χ1v) is 37.0. The zero-order valence-corrected chi connectivity index (χ0v) is 55.5. The molecule has 0 aliphatic carbocycles. The van der Waals surface area contributed by atoms with Gasteiger partial charge < -0.3 is 14.2 Å². The van der Waals surface area contributed by atoms with Crippen LogP contribution in [0.3, 0.4) is 0 Å². The zero-order valence-electron chi connectivity index (χ0n) is 55.5. The molecule has 0 aliphatic rings. The highest BCUT2D eigenvalue weighted by atomic mass is 16.6. The molecule has 0 aromatic carbocycles. The maximum atomic E-state index is 12.9. The van der Waals surface area contributed by atoms with Gasteiger partial charge in [0, 0.05) is 19.3 Å². The summed E-state index contributed by atoms with van der Waals surface area (Å²) in [6, 6.07) is 0. The maximum absolute atomic E-state index is 12.9. The van der Waals surface area contributed by atoms with Gasteiger partial charge in [-0.25, -0.2) is 0 Å². The molecule has 0 radical (unpaired) electrons. The summed E-state index contributed by atoms with van der Waals surface area (Å²) in [6.07, 6.45) is 89.2. The van der Waals surface area contributed by atoms with Gasteiger partial charge in [0.25, 0.3) is 0 Å². The predicted molar refractivity (Wildman–Crippen MR) is 358 cm³/mol. The molecule has 1 atom stereocenters. The van der Waals surface area contributed by atoms with Gasteiger partial charge >= 0.3 is 17.9 Å². The van der Waals surface area contributed by atoms with E-state index in [0.29, 0.717) is 19.3 Å². The van der Waals surface area contributed by atoms with Crippen molar-refractivity contribution >= 4 is 17.9 Å². The van der Waals surface area contributed by atoms with Crippen molar-refractivity contribution in [2.75, 3.05) is 13.2 Å². The van der Waals surface area contributed by atoms with E-state index in [1.54, 1.807) is 0 Å². The molecule has 6 heteroatoms. The summed E-state index contributed by atoms with van der Waals surface area (Å²) in [7, 11) is 0. The fourth-order valence-corrected chi connectivity index (χ4v) is 11.3. The third-order valence-electron chi connectivity index (χ3n) is 16.9. The normalized spacial score (nSPS) is 12.2. The third kappa shape index (κ3) is 68.4. The van der Waals surface area contributed by atoms with E-state index in [9.17, 15) is 14.4 Å². The molecule has 0 heterocycles. The first-order valence-electron chi connectivity index (χ1n) is 37.0. The van der Waals surface area contributed by atoms with Crippen LogP contribution in [0.2, 0.25) is 0 Å². The van der Waals surface area contributed by atoms with E-state index in [-0.39, 0.29) is 31.1 Å². The fourth-order valence-electron chi connectivity index (χ4n) is 11.3. The highest BCUT2D eigenvalue weighted by molar-refractivity contribution is 5.71. The highest BCUT2D eigenvalue weighted by Crippen LogP contribution is 2.19. The average molecular weight is 1150 g/mol. The van der Waals surface area contributed by atoms with E-state index in [4.69, 9.17) is 14.2 Å². The van der Waals surface area contributed by atoms with Gasteiger partial charge in [-0.1, -0.05) is 372 Å². The Morgan fingerprint density at radius 1 is 0.244 bits per heavy atom. The molecule has 482 valence electrons. The van der Waals surface area contributed by atoms with Crippen molar-refractivity contribution in [1.82, 2.24) is 0 Å². The second-order valence-corrected chi connectivity index (χ2v) is 25.2. The number of ether oxygens (including phenoxy) is 3. The third-order valence-corrected chi connectivity index (χ3v) is 16.9. The molecule has 1 unspecified atom stereocenters. The first kappa shape index (κ1) is 79.6. The van der Waals surface area contributed by atoms with Crippen molar-refractivity contribution in [3.05, 3.63) is 36.5 Å². The maximum Gasteiger partial charge on any atom is 0.306 e. The van der Waals surface area contributed by atoms with Crippen LogP contribution in [0.5, 0.6) is 0 Å². The minimum atomic E-state index is -0.777. The molecule has 0 N–H and O–H groups in total. The number of hydrogen-bond donors (Lipinski definition) is 0. The summed E-state index contributed by atoms with van der Waals surface area (Å²) < 4.78 is 17.0. The molecular formula is C76H142O6. The molecule has 0 saturated heterocycles. The van der Waals surface area contributed by atoms with Crippen molar-refractivity contribution in [3.63, 3.8) is 0 Å². The number of rotatable bonds is 69. The number of hydrogen-bond acceptors (Lipinski definition) is 6. The average Bonchev–Trinajstić information content (AvgIpc) is 3.48. The monoisotopic (exact) mass is 1150 g/mol. The Morgan fingerprint density at radius 3 is 0.683 bits per heavy atom. The summed E-state index contributed by atoms with van der Waals surface area (Å²) in [4.78, 5) is 38.4. The summed E-state index contributed by atoms with van der Waals surface area (Å²) in [5, 5.41) is 0. The SMILES string of the molecule is CCCCCCC/C=C\C/C=C\C/C=C\CCCCCCCCC(=O)OC(COC(=O)CCCCCCCCCCCCC)COC(=O)CCCCCCCCCCCCCCCCCCCCCCCCCCCCCCCCCC. The molecule has 0 aliphatic heterocycles. The van der Waals surface area contributed by atoms with Crippen LogP contribution in [0.25, 0.3) is 0 Å². The van der Waals surface area contributed by atoms with Crippen LogP contribution < -0.4 is 0 Å². The highest BCUT2D eigenvalue weighted by Gasteiger charge is 2.19. The van der Waals surface area contributed by atoms with Crippen LogP contribution in [-0.2, 0) is 28.6 Å². The lowest BCUT2D eigenvalue weighted by Crippen LogP contribution is -2.30. The Bertz CT molecular complexity index is 1370. The van der Waals surface area contributed by atoms with Crippen LogP contribution in [0.1, 0.15) is 412 Å². The van der Waals surface area contributed by atoms with Crippen LogP contribution in [-0.4, -0.2) is 37.2 Å². The van der Waals surface area contributed by atoms with Crippen LogP contribution in [0.15, 0.2) is 36.5 Å². The van der Waals surface area contributed by atoms with Gasteiger partial charge in [-0.05, 0) is 57.8 Å². The molecule has 0 spiro atoms. The summed E-state index contributed by atoms with van der Waals surface area (Å²) in [5.74, 6) is -0.857. The lowest BCUT2D eigenvalue weighted by atomic mass is 10.0. The molecule has 0 saturated carbocycles. The van der Waals surface area contributed by atoms with Gasteiger partial charge in [0.1, 0.15) is 13.2 Å².